The Hall–Kier alpha value is -1.91. The molecule has 0 heterocycles. The van der Waals surface area contributed by atoms with E-state index in [-0.39, 0.29) is 17.6 Å². The highest BCUT2D eigenvalue weighted by atomic mass is 19.1. The molecule has 0 unspecified atom stereocenters. The Labute approximate surface area is 125 Å². The van der Waals surface area contributed by atoms with Gasteiger partial charge in [0.1, 0.15) is 5.82 Å². The monoisotopic (exact) mass is 294 g/mol. The molecular weight excluding hydrogens is 271 g/mol. The van der Waals surface area contributed by atoms with Crippen LogP contribution in [0.15, 0.2) is 24.3 Å². The van der Waals surface area contributed by atoms with Crippen LogP contribution in [0.5, 0.6) is 0 Å². The standard InChI is InChI=1S/C16H23FN2O2/c1-12(20)19(10-9-18-15(21)16(2,3)4)11-13-5-7-14(17)8-6-13/h5-8H,9-11H2,1-4H3,(H,18,21). The van der Waals surface area contributed by atoms with Gasteiger partial charge in [-0.2, -0.15) is 0 Å². The summed E-state index contributed by atoms with van der Waals surface area (Å²) in [4.78, 5) is 25.0. The highest BCUT2D eigenvalue weighted by molar-refractivity contribution is 5.81. The van der Waals surface area contributed by atoms with Gasteiger partial charge in [-0.15, -0.1) is 0 Å². The van der Waals surface area contributed by atoms with Gasteiger partial charge in [0.05, 0.1) is 0 Å². The zero-order chi connectivity index (χ0) is 16.0. The molecule has 0 bridgehead atoms. The first-order valence-corrected chi connectivity index (χ1v) is 6.98. The maximum Gasteiger partial charge on any atom is 0.225 e. The van der Waals surface area contributed by atoms with E-state index in [2.05, 4.69) is 5.32 Å². The van der Waals surface area contributed by atoms with Crippen LogP contribution in [0, 0.1) is 11.2 Å². The minimum Gasteiger partial charge on any atom is -0.354 e. The van der Waals surface area contributed by atoms with Gasteiger partial charge in [-0.05, 0) is 17.7 Å². The van der Waals surface area contributed by atoms with E-state index in [0.29, 0.717) is 19.6 Å². The molecule has 1 rings (SSSR count). The molecule has 0 aromatic heterocycles. The van der Waals surface area contributed by atoms with Gasteiger partial charge in [0.25, 0.3) is 0 Å². The molecule has 0 saturated carbocycles. The van der Waals surface area contributed by atoms with Gasteiger partial charge >= 0.3 is 0 Å². The largest absolute Gasteiger partial charge is 0.354 e. The fraction of sp³-hybridized carbons (Fsp3) is 0.500. The number of hydrogen-bond acceptors (Lipinski definition) is 2. The Balaban J connectivity index is 2.53. The van der Waals surface area contributed by atoms with Gasteiger partial charge in [-0.3, -0.25) is 9.59 Å². The van der Waals surface area contributed by atoms with E-state index in [4.69, 9.17) is 0 Å². The molecule has 0 fully saturated rings. The second-order valence-corrected chi connectivity index (χ2v) is 6.07. The van der Waals surface area contributed by atoms with E-state index in [9.17, 15) is 14.0 Å². The predicted octanol–water partition coefficient (Wildman–Crippen LogP) is 2.34. The van der Waals surface area contributed by atoms with Crippen molar-refractivity contribution in [2.24, 2.45) is 5.41 Å². The first kappa shape index (κ1) is 17.1. The Morgan fingerprint density at radius 1 is 1.19 bits per heavy atom. The lowest BCUT2D eigenvalue weighted by atomic mass is 9.96. The van der Waals surface area contributed by atoms with Crippen LogP contribution in [-0.2, 0) is 16.1 Å². The summed E-state index contributed by atoms with van der Waals surface area (Å²) in [5.41, 5.74) is 0.409. The quantitative estimate of drug-likeness (QED) is 0.906. The lowest BCUT2D eigenvalue weighted by Gasteiger charge is -2.23. The van der Waals surface area contributed by atoms with E-state index in [0.717, 1.165) is 5.56 Å². The van der Waals surface area contributed by atoms with Crippen LogP contribution in [0.3, 0.4) is 0 Å². The molecule has 0 aliphatic rings. The molecule has 1 aromatic carbocycles. The summed E-state index contributed by atoms with van der Waals surface area (Å²) in [6.07, 6.45) is 0. The molecule has 1 aromatic rings. The molecule has 0 aliphatic heterocycles. The van der Waals surface area contributed by atoms with Gasteiger partial charge in [-0.25, -0.2) is 4.39 Å². The minimum atomic E-state index is -0.446. The molecule has 5 heteroatoms. The molecular formula is C16H23FN2O2. The molecule has 2 amide bonds. The molecule has 0 radical (unpaired) electrons. The van der Waals surface area contributed by atoms with Crippen molar-refractivity contribution >= 4 is 11.8 Å². The van der Waals surface area contributed by atoms with Crippen LogP contribution >= 0.6 is 0 Å². The summed E-state index contributed by atoms with van der Waals surface area (Å²) in [7, 11) is 0. The van der Waals surface area contributed by atoms with Crippen molar-refractivity contribution in [3.8, 4) is 0 Å². The average molecular weight is 294 g/mol. The number of nitrogens with zero attached hydrogens (tertiary/aromatic N) is 1. The molecule has 0 atom stereocenters. The Morgan fingerprint density at radius 3 is 2.24 bits per heavy atom. The van der Waals surface area contributed by atoms with Crippen molar-refractivity contribution in [3.05, 3.63) is 35.6 Å². The van der Waals surface area contributed by atoms with Gasteiger partial charge in [0, 0.05) is 32.0 Å². The van der Waals surface area contributed by atoms with E-state index in [1.54, 1.807) is 17.0 Å². The zero-order valence-electron chi connectivity index (χ0n) is 13.1. The van der Waals surface area contributed by atoms with Gasteiger partial charge in [0.2, 0.25) is 11.8 Å². The third-order valence-corrected chi connectivity index (χ3v) is 3.08. The molecule has 21 heavy (non-hydrogen) atoms. The average Bonchev–Trinajstić information content (AvgIpc) is 2.38. The summed E-state index contributed by atoms with van der Waals surface area (Å²) in [5.74, 6) is -0.428. The number of amides is 2. The Morgan fingerprint density at radius 2 is 1.76 bits per heavy atom. The first-order valence-electron chi connectivity index (χ1n) is 6.98. The molecule has 0 aliphatic carbocycles. The summed E-state index contributed by atoms with van der Waals surface area (Å²) in [5, 5.41) is 2.81. The lowest BCUT2D eigenvalue weighted by molar-refractivity contribution is -0.131. The second-order valence-electron chi connectivity index (χ2n) is 6.07. The minimum absolute atomic E-state index is 0.0483. The smallest absolute Gasteiger partial charge is 0.225 e. The number of halogens is 1. The molecule has 116 valence electrons. The molecule has 0 spiro atoms. The van der Waals surface area contributed by atoms with Crippen molar-refractivity contribution in [1.29, 1.82) is 0 Å². The van der Waals surface area contributed by atoms with Gasteiger partial charge in [-0.1, -0.05) is 32.9 Å². The molecule has 0 saturated heterocycles. The Kier molecular flexibility index (Phi) is 5.88. The van der Waals surface area contributed by atoms with Gasteiger partial charge < -0.3 is 10.2 Å². The van der Waals surface area contributed by atoms with Crippen LogP contribution in [-0.4, -0.2) is 29.8 Å². The van der Waals surface area contributed by atoms with Crippen molar-refractivity contribution in [2.75, 3.05) is 13.1 Å². The number of carbonyl (C=O) groups excluding carboxylic acids is 2. The first-order chi connectivity index (χ1) is 9.70. The van der Waals surface area contributed by atoms with E-state index in [1.807, 2.05) is 20.8 Å². The van der Waals surface area contributed by atoms with Crippen molar-refractivity contribution in [2.45, 2.75) is 34.2 Å². The Bertz CT molecular complexity index is 492. The van der Waals surface area contributed by atoms with Crippen LogP contribution in [0.2, 0.25) is 0 Å². The fourth-order valence-corrected chi connectivity index (χ4v) is 1.73. The predicted molar refractivity (Wildman–Crippen MR) is 80.0 cm³/mol. The highest BCUT2D eigenvalue weighted by Gasteiger charge is 2.20. The van der Waals surface area contributed by atoms with Crippen molar-refractivity contribution in [1.82, 2.24) is 10.2 Å². The van der Waals surface area contributed by atoms with Gasteiger partial charge in [0.15, 0.2) is 0 Å². The number of rotatable bonds is 5. The normalized spacial score (nSPS) is 11.1. The van der Waals surface area contributed by atoms with Crippen molar-refractivity contribution in [3.63, 3.8) is 0 Å². The summed E-state index contributed by atoms with van der Waals surface area (Å²) in [6.45, 7) is 8.22. The lowest BCUT2D eigenvalue weighted by Crippen LogP contribution is -2.41. The summed E-state index contributed by atoms with van der Waals surface area (Å²) < 4.78 is 12.9. The van der Waals surface area contributed by atoms with E-state index in [1.165, 1.54) is 19.1 Å². The second kappa shape index (κ2) is 7.20. The SMILES string of the molecule is CC(=O)N(CCNC(=O)C(C)(C)C)Cc1ccc(F)cc1. The topological polar surface area (TPSA) is 49.4 Å². The van der Waals surface area contributed by atoms with Crippen LogP contribution < -0.4 is 5.32 Å². The fourth-order valence-electron chi connectivity index (χ4n) is 1.73. The summed E-state index contributed by atoms with van der Waals surface area (Å²) in [6, 6.07) is 6.04. The highest BCUT2D eigenvalue weighted by Crippen LogP contribution is 2.12. The number of benzene rings is 1. The number of nitrogens with one attached hydrogen (secondary N) is 1. The number of carbonyl (C=O) groups is 2. The van der Waals surface area contributed by atoms with E-state index >= 15 is 0 Å². The zero-order valence-corrected chi connectivity index (χ0v) is 13.1. The third-order valence-electron chi connectivity index (χ3n) is 3.08. The molecule has 4 nitrogen and oxygen atoms in total. The third kappa shape index (κ3) is 5.94. The van der Waals surface area contributed by atoms with Crippen LogP contribution in [0.4, 0.5) is 4.39 Å². The maximum atomic E-state index is 12.9. The summed E-state index contributed by atoms with van der Waals surface area (Å²) >= 11 is 0. The molecule has 1 N–H and O–H groups in total. The number of hydrogen-bond donors (Lipinski definition) is 1. The van der Waals surface area contributed by atoms with Crippen LogP contribution in [0.25, 0.3) is 0 Å². The van der Waals surface area contributed by atoms with E-state index < -0.39 is 5.41 Å². The maximum absolute atomic E-state index is 12.9. The van der Waals surface area contributed by atoms with Crippen LogP contribution in [0.1, 0.15) is 33.3 Å². The van der Waals surface area contributed by atoms with Crippen molar-refractivity contribution < 1.29 is 14.0 Å².